The highest BCUT2D eigenvalue weighted by atomic mass is 32.1. The van der Waals surface area contributed by atoms with Gasteiger partial charge in [-0.15, -0.1) is 0 Å². The van der Waals surface area contributed by atoms with Crippen molar-refractivity contribution in [1.82, 2.24) is 4.98 Å². The Labute approximate surface area is 156 Å². The topological polar surface area (TPSA) is 91.3 Å². The number of benzene rings is 1. The van der Waals surface area contributed by atoms with Crippen molar-refractivity contribution in [2.75, 3.05) is 10.6 Å². The van der Waals surface area contributed by atoms with Crippen LogP contribution >= 0.6 is 11.3 Å². The Bertz CT molecular complexity index is 825. The van der Waals surface area contributed by atoms with Gasteiger partial charge in [-0.1, -0.05) is 36.7 Å². The fraction of sp³-hybridized carbons (Fsp3) is 0.421. The van der Waals surface area contributed by atoms with E-state index in [1.807, 2.05) is 6.92 Å². The molecule has 0 spiro atoms. The Hall–Kier alpha value is -2.41. The molecule has 0 saturated heterocycles. The van der Waals surface area contributed by atoms with Crippen molar-refractivity contribution < 1.29 is 14.7 Å². The van der Waals surface area contributed by atoms with E-state index in [1.54, 1.807) is 19.1 Å². The highest BCUT2D eigenvalue weighted by molar-refractivity contribution is 7.17. The van der Waals surface area contributed by atoms with Crippen LogP contribution in [0.5, 0.6) is 5.75 Å². The van der Waals surface area contributed by atoms with E-state index in [1.165, 1.54) is 12.6 Å². The van der Waals surface area contributed by atoms with E-state index in [4.69, 9.17) is 0 Å². The molecule has 0 atom stereocenters. The van der Waals surface area contributed by atoms with Crippen LogP contribution in [0.2, 0.25) is 0 Å². The zero-order chi connectivity index (χ0) is 18.7. The van der Waals surface area contributed by atoms with Crippen molar-refractivity contribution in [2.45, 2.75) is 46.0 Å². The number of aromatic hydroxyl groups is 1. The number of phenolic OH excluding ortho intramolecular Hbond substituents is 1. The first-order valence-electron chi connectivity index (χ1n) is 8.83. The van der Waals surface area contributed by atoms with E-state index in [2.05, 4.69) is 15.6 Å². The van der Waals surface area contributed by atoms with Crippen molar-refractivity contribution >= 4 is 34.0 Å². The molecule has 2 aromatic rings. The highest BCUT2D eigenvalue weighted by Crippen LogP contribution is 2.30. The maximum atomic E-state index is 12.5. The summed E-state index contributed by atoms with van der Waals surface area (Å²) in [6.45, 7) is 3.62. The van der Waals surface area contributed by atoms with Crippen molar-refractivity contribution in [2.24, 2.45) is 5.92 Å². The van der Waals surface area contributed by atoms with Crippen LogP contribution in [0.4, 0.5) is 10.8 Å². The number of thiazole rings is 1. The van der Waals surface area contributed by atoms with Gasteiger partial charge in [-0.05, 0) is 38.3 Å². The lowest BCUT2D eigenvalue weighted by Gasteiger charge is -2.19. The minimum atomic E-state index is -0.308. The number of aromatic nitrogens is 1. The molecule has 3 rings (SSSR count). The van der Waals surface area contributed by atoms with Crippen LogP contribution in [-0.4, -0.2) is 21.9 Å². The number of carbonyl (C=O) groups is 2. The molecule has 0 aliphatic heterocycles. The molecule has 2 amide bonds. The van der Waals surface area contributed by atoms with E-state index in [0.29, 0.717) is 21.3 Å². The van der Waals surface area contributed by atoms with Crippen molar-refractivity contribution in [1.29, 1.82) is 0 Å². The summed E-state index contributed by atoms with van der Waals surface area (Å²) in [7, 11) is 0. The molecule has 0 unspecified atom stereocenters. The van der Waals surface area contributed by atoms with Gasteiger partial charge in [-0.3, -0.25) is 9.59 Å². The average Bonchev–Trinajstić information content (AvgIpc) is 3.11. The van der Waals surface area contributed by atoms with Gasteiger partial charge in [-0.2, -0.15) is 0 Å². The lowest BCUT2D eigenvalue weighted by atomic mass is 9.89. The monoisotopic (exact) mass is 373 g/mol. The third-order valence-corrected chi connectivity index (χ3v) is 5.73. The van der Waals surface area contributed by atoms with E-state index in [9.17, 15) is 14.7 Å². The second kappa shape index (κ2) is 7.86. The summed E-state index contributed by atoms with van der Waals surface area (Å²) >= 11 is 1.15. The SMILES string of the molecule is Cc1ccc(O)c(C)c1NC(=O)c1cnc(NC(=O)C2CCCCC2)s1. The second-order valence-corrected chi connectivity index (χ2v) is 7.74. The fourth-order valence-corrected chi connectivity index (χ4v) is 3.93. The summed E-state index contributed by atoms with van der Waals surface area (Å²) in [6.07, 6.45) is 6.67. The van der Waals surface area contributed by atoms with Crippen molar-refractivity contribution in [3.8, 4) is 5.75 Å². The normalized spacial score (nSPS) is 14.8. The first kappa shape index (κ1) is 18.4. The van der Waals surface area contributed by atoms with Gasteiger partial charge in [0.25, 0.3) is 5.91 Å². The third kappa shape index (κ3) is 4.04. The largest absolute Gasteiger partial charge is 0.508 e. The number of anilines is 2. The Balaban J connectivity index is 1.67. The molecule has 1 heterocycles. The summed E-state index contributed by atoms with van der Waals surface area (Å²) in [5.74, 6) is -0.138. The van der Waals surface area contributed by atoms with Gasteiger partial charge in [-0.25, -0.2) is 4.98 Å². The molecule has 0 bridgehead atoms. The molecule has 7 heteroatoms. The lowest BCUT2D eigenvalue weighted by Crippen LogP contribution is -2.24. The predicted molar refractivity (Wildman–Crippen MR) is 103 cm³/mol. The summed E-state index contributed by atoms with van der Waals surface area (Å²) in [4.78, 5) is 29.3. The van der Waals surface area contributed by atoms with Gasteiger partial charge in [0.1, 0.15) is 10.6 Å². The van der Waals surface area contributed by atoms with Gasteiger partial charge >= 0.3 is 0 Å². The van der Waals surface area contributed by atoms with Gasteiger partial charge in [0.2, 0.25) is 5.91 Å². The number of carbonyl (C=O) groups excluding carboxylic acids is 2. The predicted octanol–water partition coefficient (Wildman–Crippen LogP) is 4.24. The van der Waals surface area contributed by atoms with Gasteiger partial charge in [0.05, 0.1) is 11.9 Å². The second-order valence-electron chi connectivity index (χ2n) is 6.71. The molecule has 0 radical (unpaired) electrons. The van der Waals surface area contributed by atoms with Crippen LogP contribution in [0, 0.1) is 19.8 Å². The van der Waals surface area contributed by atoms with E-state index >= 15 is 0 Å². The molecule has 3 N–H and O–H groups in total. The maximum absolute atomic E-state index is 12.5. The number of hydrogen-bond acceptors (Lipinski definition) is 5. The Morgan fingerprint density at radius 2 is 1.88 bits per heavy atom. The minimum Gasteiger partial charge on any atom is -0.508 e. The first-order chi connectivity index (χ1) is 12.5. The average molecular weight is 373 g/mol. The Kier molecular flexibility index (Phi) is 5.56. The number of nitrogens with one attached hydrogen (secondary N) is 2. The smallest absolute Gasteiger partial charge is 0.267 e. The minimum absolute atomic E-state index is 0.00863. The molecular formula is C19H23N3O3S. The molecule has 1 aliphatic rings. The third-order valence-electron chi connectivity index (χ3n) is 4.82. The number of amides is 2. The Morgan fingerprint density at radius 1 is 1.15 bits per heavy atom. The van der Waals surface area contributed by atoms with Crippen LogP contribution in [0.1, 0.15) is 52.9 Å². The van der Waals surface area contributed by atoms with Crippen LogP contribution in [0.3, 0.4) is 0 Å². The van der Waals surface area contributed by atoms with Crippen molar-refractivity contribution in [3.05, 3.63) is 34.3 Å². The molecule has 1 aromatic carbocycles. The summed E-state index contributed by atoms with van der Waals surface area (Å²) in [6, 6.07) is 3.35. The standard InChI is InChI=1S/C19H23N3O3S/c1-11-8-9-14(23)12(2)16(11)21-18(25)15-10-20-19(26-15)22-17(24)13-6-4-3-5-7-13/h8-10,13,23H,3-7H2,1-2H3,(H,21,25)(H,20,22,24). The number of nitrogens with zero attached hydrogens (tertiary/aromatic N) is 1. The number of hydrogen-bond donors (Lipinski definition) is 3. The Morgan fingerprint density at radius 3 is 2.62 bits per heavy atom. The molecule has 26 heavy (non-hydrogen) atoms. The van der Waals surface area contributed by atoms with E-state index < -0.39 is 0 Å². The summed E-state index contributed by atoms with van der Waals surface area (Å²) in [5.41, 5.74) is 2.08. The van der Waals surface area contributed by atoms with Crippen LogP contribution in [-0.2, 0) is 4.79 Å². The fourth-order valence-electron chi connectivity index (χ4n) is 3.21. The van der Waals surface area contributed by atoms with Crippen LogP contribution in [0.25, 0.3) is 0 Å². The molecule has 1 aliphatic carbocycles. The van der Waals surface area contributed by atoms with E-state index in [0.717, 1.165) is 42.6 Å². The summed E-state index contributed by atoms with van der Waals surface area (Å²) in [5, 5.41) is 15.9. The molecule has 1 fully saturated rings. The van der Waals surface area contributed by atoms with E-state index in [-0.39, 0.29) is 23.5 Å². The van der Waals surface area contributed by atoms with Gasteiger partial charge in [0.15, 0.2) is 5.13 Å². The van der Waals surface area contributed by atoms with Crippen LogP contribution in [0.15, 0.2) is 18.3 Å². The molecule has 138 valence electrons. The maximum Gasteiger partial charge on any atom is 0.267 e. The summed E-state index contributed by atoms with van der Waals surface area (Å²) < 4.78 is 0. The molecule has 1 aromatic heterocycles. The van der Waals surface area contributed by atoms with Gasteiger partial charge in [0, 0.05) is 11.5 Å². The molecule has 1 saturated carbocycles. The number of phenols is 1. The highest BCUT2D eigenvalue weighted by Gasteiger charge is 2.22. The molecular weight excluding hydrogens is 350 g/mol. The van der Waals surface area contributed by atoms with Crippen LogP contribution < -0.4 is 10.6 Å². The van der Waals surface area contributed by atoms with Crippen molar-refractivity contribution in [3.63, 3.8) is 0 Å². The molecule has 6 nitrogen and oxygen atoms in total. The first-order valence-corrected chi connectivity index (χ1v) is 9.64. The number of aryl methyl sites for hydroxylation is 1. The quantitative estimate of drug-likeness (QED) is 0.748. The number of rotatable bonds is 4. The zero-order valence-electron chi connectivity index (χ0n) is 15.0. The zero-order valence-corrected chi connectivity index (χ0v) is 15.8. The van der Waals surface area contributed by atoms with Gasteiger partial charge < -0.3 is 15.7 Å². The lowest BCUT2D eigenvalue weighted by molar-refractivity contribution is -0.120.